The van der Waals surface area contributed by atoms with Gasteiger partial charge in [-0.2, -0.15) is 0 Å². The molecule has 0 aliphatic carbocycles. The lowest BCUT2D eigenvalue weighted by molar-refractivity contribution is -0.141. The summed E-state index contributed by atoms with van der Waals surface area (Å²) in [5, 5.41) is 0. The van der Waals surface area contributed by atoms with E-state index < -0.39 is 16.5 Å². The first-order chi connectivity index (χ1) is 19.9. The van der Waals surface area contributed by atoms with Crippen LogP contribution in [0.1, 0.15) is 37.3 Å². The van der Waals surface area contributed by atoms with Crippen LogP contribution < -0.4 is 10.5 Å². The van der Waals surface area contributed by atoms with Gasteiger partial charge in [-0.1, -0.05) is 6.07 Å². The zero-order chi connectivity index (χ0) is 28.4. The van der Waals surface area contributed by atoms with E-state index in [0.717, 1.165) is 41.1 Å². The van der Waals surface area contributed by atoms with Gasteiger partial charge in [-0.15, -0.1) is 0 Å². The molecule has 13 heteroatoms. The molecule has 2 aliphatic rings. The smallest absolute Gasteiger partial charge is 0.243 e. The number of likely N-dealkylation sites (tertiary alicyclic amines) is 2. The maximum absolute atomic E-state index is 14.0. The van der Waals surface area contributed by atoms with Crippen molar-refractivity contribution in [1.29, 1.82) is 0 Å². The van der Waals surface area contributed by atoms with Crippen molar-refractivity contribution < 1.29 is 9.00 Å². The fraction of sp³-hybridized carbons (Fsp3) is 0.429. The topological polar surface area (TPSA) is 148 Å². The molecule has 0 spiro atoms. The van der Waals surface area contributed by atoms with Gasteiger partial charge in [0.15, 0.2) is 11.5 Å². The number of aromatic nitrogens is 6. The van der Waals surface area contributed by atoms with Gasteiger partial charge in [0.25, 0.3) is 0 Å². The number of hydrogen-bond acceptors (Lipinski definition) is 9. The Morgan fingerprint density at radius 1 is 1.02 bits per heavy atom. The Hall–Kier alpha value is -3.81. The molecule has 1 atom stereocenters. The molecule has 41 heavy (non-hydrogen) atoms. The zero-order valence-corrected chi connectivity index (χ0v) is 23.8. The summed E-state index contributed by atoms with van der Waals surface area (Å²) in [7, 11) is -1.33. The number of nitrogens with zero attached hydrogens (tertiary/aromatic N) is 8. The molecule has 2 saturated heterocycles. The Balaban J connectivity index is 1.16. The van der Waals surface area contributed by atoms with E-state index >= 15 is 0 Å². The summed E-state index contributed by atoms with van der Waals surface area (Å²) in [4.78, 5) is 40.5. The highest BCUT2D eigenvalue weighted by Gasteiger charge is 2.45. The van der Waals surface area contributed by atoms with E-state index in [4.69, 9.17) is 10.7 Å². The second-order valence-corrected chi connectivity index (χ2v) is 11.9. The lowest BCUT2D eigenvalue weighted by Crippen LogP contribution is -2.63. The van der Waals surface area contributed by atoms with Gasteiger partial charge in [-0.3, -0.25) is 14.7 Å². The Bertz CT molecular complexity index is 1530. The summed E-state index contributed by atoms with van der Waals surface area (Å²) in [5.74, 6) is 1.07. The molecule has 4 aromatic rings. The number of hydrogen-bond donors (Lipinski definition) is 2. The molecule has 1 unspecified atom stereocenters. The normalized spacial score (nSPS) is 18.9. The molecule has 6 rings (SSSR count). The number of carbonyl (C=O) groups is 1. The van der Waals surface area contributed by atoms with Gasteiger partial charge in [0.1, 0.15) is 16.7 Å². The minimum absolute atomic E-state index is 0.0279. The first-order valence-electron chi connectivity index (χ1n) is 13.9. The second-order valence-electron chi connectivity index (χ2n) is 10.8. The molecular weight excluding hydrogens is 540 g/mol. The second kappa shape index (κ2) is 11.6. The maximum Gasteiger partial charge on any atom is 0.243 e. The van der Waals surface area contributed by atoms with E-state index in [-0.39, 0.29) is 17.9 Å². The van der Waals surface area contributed by atoms with Crippen LogP contribution in [0.5, 0.6) is 0 Å². The number of nitrogen functional groups attached to an aromatic ring is 1. The van der Waals surface area contributed by atoms with Crippen LogP contribution in [0.3, 0.4) is 0 Å². The molecule has 12 nitrogen and oxygen atoms in total. The molecule has 0 radical (unpaired) electrons. The molecule has 214 valence electrons. The molecule has 0 saturated carbocycles. The Kier molecular flexibility index (Phi) is 7.73. The van der Waals surface area contributed by atoms with E-state index in [2.05, 4.69) is 34.1 Å². The standard InChI is InChI=1S/C28H34N10O2S/c1-41(40)35-28(9-15-36(16-10-28)19-20-17-32-27(29)33-18-20)26(39)37-13-7-21(8-14-37)38-24-23(6-4-12-31-24)34-25(38)22-5-2-3-11-30-22/h2-6,11-12,17-18,21,35H,7-10,13-16,19H2,1H3,(H2,29,32,33). The van der Waals surface area contributed by atoms with Crippen molar-refractivity contribution >= 4 is 34.0 Å². The quantitative estimate of drug-likeness (QED) is 0.338. The monoisotopic (exact) mass is 574 g/mol. The molecule has 3 N–H and O–H groups in total. The number of rotatable bonds is 7. The number of imidazole rings is 1. The zero-order valence-electron chi connectivity index (χ0n) is 23.0. The van der Waals surface area contributed by atoms with Gasteiger partial charge < -0.3 is 15.2 Å². The number of amides is 1. The largest absolute Gasteiger partial charge is 0.368 e. The van der Waals surface area contributed by atoms with Crippen LogP contribution in [0.4, 0.5) is 5.95 Å². The van der Waals surface area contributed by atoms with Crippen molar-refractivity contribution in [1.82, 2.24) is 44.0 Å². The molecule has 1 amide bonds. The van der Waals surface area contributed by atoms with Crippen molar-refractivity contribution in [3.05, 3.63) is 60.7 Å². The van der Waals surface area contributed by atoms with E-state index in [1.165, 1.54) is 0 Å². The van der Waals surface area contributed by atoms with Crippen molar-refractivity contribution in [2.24, 2.45) is 0 Å². The summed E-state index contributed by atoms with van der Waals surface area (Å²) in [6.07, 6.45) is 11.3. The fourth-order valence-corrected chi connectivity index (χ4v) is 6.85. The number of nitrogens with two attached hydrogens (primary N) is 1. The minimum atomic E-state index is -1.33. The van der Waals surface area contributed by atoms with Crippen molar-refractivity contribution in [3.8, 4) is 11.5 Å². The van der Waals surface area contributed by atoms with Gasteiger partial charge in [-0.05, 0) is 49.9 Å². The lowest BCUT2D eigenvalue weighted by Gasteiger charge is -2.44. The number of piperidine rings is 2. The SMILES string of the molecule is CS(=O)NC1(C(=O)N2CCC(n3c(-c4ccccn4)nc4cccnc43)CC2)CCN(Cc2cnc(N)nc2)CC1. The van der Waals surface area contributed by atoms with Crippen LogP contribution >= 0.6 is 0 Å². The van der Waals surface area contributed by atoms with Crippen molar-refractivity contribution in [2.75, 3.05) is 38.2 Å². The number of anilines is 1. The Morgan fingerprint density at radius 3 is 2.44 bits per heavy atom. The lowest BCUT2D eigenvalue weighted by atomic mass is 9.86. The van der Waals surface area contributed by atoms with Crippen LogP contribution in [-0.4, -0.2) is 87.4 Å². The van der Waals surface area contributed by atoms with E-state index in [0.29, 0.717) is 45.6 Å². The molecule has 0 bridgehead atoms. The summed E-state index contributed by atoms with van der Waals surface area (Å²) in [6.45, 7) is 3.26. The third kappa shape index (κ3) is 5.69. The molecule has 6 heterocycles. The highest BCUT2D eigenvalue weighted by atomic mass is 32.2. The average Bonchev–Trinajstić information content (AvgIpc) is 3.39. The number of pyridine rings is 2. The summed E-state index contributed by atoms with van der Waals surface area (Å²) >= 11 is 0. The van der Waals surface area contributed by atoms with Gasteiger partial charge in [0, 0.05) is 75.4 Å². The maximum atomic E-state index is 14.0. The predicted octanol–water partition coefficient (Wildman–Crippen LogP) is 1.95. The average molecular weight is 575 g/mol. The molecule has 2 fully saturated rings. The van der Waals surface area contributed by atoms with Crippen molar-refractivity contribution in [2.45, 2.75) is 43.8 Å². The van der Waals surface area contributed by atoms with Crippen LogP contribution in [0.15, 0.2) is 55.1 Å². The van der Waals surface area contributed by atoms with Crippen LogP contribution in [0.25, 0.3) is 22.7 Å². The first kappa shape index (κ1) is 27.4. The summed E-state index contributed by atoms with van der Waals surface area (Å²) in [6, 6.07) is 9.80. The molecular formula is C28H34N10O2S. The third-order valence-corrected chi connectivity index (χ3v) is 8.73. The van der Waals surface area contributed by atoms with Gasteiger partial charge in [-0.25, -0.2) is 28.9 Å². The summed E-state index contributed by atoms with van der Waals surface area (Å²) < 4.78 is 17.7. The molecule has 0 aromatic carbocycles. The molecule has 4 aromatic heterocycles. The van der Waals surface area contributed by atoms with E-state index in [1.807, 2.05) is 35.2 Å². The van der Waals surface area contributed by atoms with Gasteiger partial charge in [0.05, 0.1) is 11.0 Å². The first-order valence-corrected chi connectivity index (χ1v) is 15.4. The van der Waals surface area contributed by atoms with Crippen molar-refractivity contribution in [3.63, 3.8) is 0 Å². The number of nitrogens with one attached hydrogen (secondary N) is 1. The third-order valence-electron chi connectivity index (χ3n) is 8.05. The van der Waals surface area contributed by atoms with E-state index in [1.54, 1.807) is 31.0 Å². The summed E-state index contributed by atoms with van der Waals surface area (Å²) in [5.41, 5.74) is 8.19. The number of fused-ring (bicyclic) bond motifs is 1. The van der Waals surface area contributed by atoms with E-state index in [9.17, 15) is 9.00 Å². The minimum Gasteiger partial charge on any atom is -0.368 e. The molecule has 2 aliphatic heterocycles. The van der Waals surface area contributed by atoms with Crippen LogP contribution in [0, 0.1) is 0 Å². The van der Waals surface area contributed by atoms with Gasteiger partial charge >= 0.3 is 0 Å². The highest BCUT2D eigenvalue weighted by Crippen LogP contribution is 2.34. The Morgan fingerprint density at radius 2 is 1.76 bits per heavy atom. The highest BCUT2D eigenvalue weighted by molar-refractivity contribution is 7.82. The predicted molar refractivity (Wildman–Crippen MR) is 156 cm³/mol. The Labute approximate surface area is 241 Å². The van der Waals surface area contributed by atoms with Crippen LogP contribution in [0.2, 0.25) is 0 Å². The van der Waals surface area contributed by atoms with Gasteiger partial charge in [0.2, 0.25) is 11.9 Å². The van der Waals surface area contributed by atoms with Crippen LogP contribution in [-0.2, 0) is 22.3 Å². The number of carbonyl (C=O) groups excluding carboxylic acids is 1. The fourth-order valence-electron chi connectivity index (χ4n) is 6.01.